The number of anilines is 1. The average molecular weight is 304 g/mol. The Bertz CT molecular complexity index is 569. The number of benzene rings is 1. The van der Waals surface area contributed by atoms with Crippen LogP contribution in [0, 0.1) is 5.92 Å². The Morgan fingerprint density at radius 3 is 2.73 bits per heavy atom. The molecule has 22 heavy (non-hydrogen) atoms. The third kappa shape index (κ3) is 2.78. The number of rotatable bonds is 3. The van der Waals surface area contributed by atoms with Crippen molar-refractivity contribution in [3.05, 3.63) is 24.3 Å². The van der Waals surface area contributed by atoms with Gasteiger partial charge in [-0.2, -0.15) is 0 Å². The summed E-state index contributed by atoms with van der Waals surface area (Å²) in [5, 5.41) is 0. The van der Waals surface area contributed by atoms with E-state index < -0.39 is 0 Å². The van der Waals surface area contributed by atoms with Gasteiger partial charge < -0.3 is 19.3 Å². The van der Waals surface area contributed by atoms with Crippen molar-refractivity contribution in [2.45, 2.75) is 6.42 Å². The number of carbonyl (C=O) groups excluding carboxylic acids is 2. The minimum atomic E-state index is -0.282. The van der Waals surface area contributed by atoms with Crippen molar-refractivity contribution in [3.63, 3.8) is 0 Å². The van der Waals surface area contributed by atoms with Gasteiger partial charge in [-0.15, -0.1) is 0 Å². The van der Waals surface area contributed by atoms with Gasteiger partial charge in [0.05, 0.1) is 31.9 Å². The Labute approximate surface area is 129 Å². The van der Waals surface area contributed by atoms with E-state index in [1.165, 1.54) is 0 Å². The van der Waals surface area contributed by atoms with E-state index in [-0.39, 0.29) is 24.2 Å². The lowest BCUT2D eigenvalue weighted by molar-refractivity contribution is -0.139. The van der Waals surface area contributed by atoms with Crippen LogP contribution in [-0.2, 0) is 14.3 Å². The summed E-state index contributed by atoms with van der Waals surface area (Å²) in [6.07, 6.45) is 0.258. The number of morpholine rings is 1. The molecule has 6 nitrogen and oxygen atoms in total. The maximum Gasteiger partial charge on any atom is 0.228 e. The van der Waals surface area contributed by atoms with E-state index in [0.29, 0.717) is 38.6 Å². The zero-order valence-electron chi connectivity index (χ0n) is 12.7. The number of methoxy groups -OCH3 is 1. The molecule has 0 bridgehead atoms. The highest BCUT2D eigenvalue weighted by Gasteiger charge is 2.38. The van der Waals surface area contributed by atoms with Crippen LogP contribution in [0.15, 0.2) is 24.3 Å². The Morgan fingerprint density at radius 1 is 1.27 bits per heavy atom. The molecule has 3 rings (SSSR count). The van der Waals surface area contributed by atoms with Crippen molar-refractivity contribution in [2.75, 3.05) is 44.9 Å². The first-order valence-corrected chi connectivity index (χ1v) is 7.50. The lowest BCUT2D eigenvalue weighted by atomic mass is 10.1. The molecule has 2 heterocycles. The molecule has 1 aromatic carbocycles. The summed E-state index contributed by atoms with van der Waals surface area (Å²) in [5.41, 5.74) is 0.729. The van der Waals surface area contributed by atoms with Crippen molar-refractivity contribution in [1.29, 1.82) is 0 Å². The third-order valence-electron chi connectivity index (χ3n) is 4.17. The molecule has 2 fully saturated rings. The number of hydrogen-bond acceptors (Lipinski definition) is 4. The smallest absolute Gasteiger partial charge is 0.228 e. The summed E-state index contributed by atoms with van der Waals surface area (Å²) in [6, 6.07) is 7.39. The number of amides is 2. The first kappa shape index (κ1) is 14.8. The van der Waals surface area contributed by atoms with Crippen LogP contribution in [-0.4, -0.2) is 56.7 Å². The molecule has 2 saturated heterocycles. The Kier molecular flexibility index (Phi) is 4.29. The molecule has 0 saturated carbocycles. The topological polar surface area (TPSA) is 59.1 Å². The molecule has 1 atom stereocenters. The van der Waals surface area contributed by atoms with Crippen LogP contribution in [0.25, 0.3) is 0 Å². The molecule has 0 unspecified atom stereocenters. The van der Waals surface area contributed by atoms with Gasteiger partial charge >= 0.3 is 0 Å². The van der Waals surface area contributed by atoms with Crippen LogP contribution in [0.4, 0.5) is 5.69 Å². The number of hydrogen-bond donors (Lipinski definition) is 0. The van der Waals surface area contributed by atoms with E-state index in [1.807, 2.05) is 24.3 Å². The third-order valence-corrected chi connectivity index (χ3v) is 4.17. The van der Waals surface area contributed by atoms with Gasteiger partial charge in [0, 0.05) is 26.1 Å². The van der Waals surface area contributed by atoms with Gasteiger partial charge in [0.1, 0.15) is 5.75 Å². The lowest BCUT2D eigenvalue weighted by Gasteiger charge is -2.29. The molecule has 2 aliphatic heterocycles. The Balaban J connectivity index is 1.74. The molecule has 2 amide bonds. The molecule has 118 valence electrons. The molecule has 1 aromatic rings. The summed E-state index contributed by atoms with van der Waals surface area (Å²) in [7, 11) is 1.58. The molecule has 2 aliphatic rings. The van der Waals surface area contributed by atoms with Crippen LogP contribution < -0.4 is 9.64 Å². The molecule has 0 N–H and O–H groups in total. The lowest BCUT2D eigenvalue weighted by Crippen LogP contribution is -2.44. The Hall–Kier alpha value is -2.08. The zero-order chi connectivity index (χ0) is 15.5. The summed E-state index contributed by atoms with van der Waals surface area (Å²) in [5.74, 6) is 0.385. The predicted octanol–water partition coefficient (Wildman–Crippen LogP) is 0.907. The van der Waals surface area contributed by atoms with Gasteiger partial charge in [0.15, 0.2) is 0 Å². The summed E-state index contributed by atoms with van der Waals surface area (Å²) >= 11 is 0. The van der Waals surface area contributed by atoms with Crippen molar-refractivity contribution in [1.82, 2.24) is 4.90 Å². The molecular weight excluding hydrogens is 284 g/mol. The SMILES string of the molecule is COc1ccccc1N1C[C@H](C(=O)N2CCOCC2)CC1=O. The van der Waals surface area contributed by atoms with Gasteiger partial charge in [0.2, 0.25) is 11.8 Å². The highest BCUT2D eigenvalue weighted by atomic mass is 16.5. The van der Waals surface area contributed by atoms with Gasteiger partial charge in [-0.1, -0.05) is 12.1 Å². The second-order valence-electron chi connectivity index (χ2n) is 5.51. The van der Waals surface area contributed by atoms with Crippen LogP contribution in [0.2, 0.25) is 0 Å². The van der Waals surface area contributed by atoms with E-state index in [9.17, 15) is 9.59 Å². The fourth-order valence-electron chi connectivity index (χ4n) is 3.00. The fraction of sp³-hybridized carbons (Fsp3) is 0.500. The first-order chi connectivity index (χ1) is 10.7. The predicted molar refractivity (Wildman–Crippen MR) is 80.9 cm³/mol. The van der Waals surface area contributed by atoms with Crippen LogP contribution in [0.1, 0.15) is 6.42 Å². The van der Waals surface area contributed by atoms with E-state index in [2.05, 4.69) is 0 Å². The molecule has 0 radical (unpaired) electrons. The molecule has 0 aromatic heterocycles. The summed E-state index contributed by atoms with van der Waals surface area (Å²) < 4.78 is 10.6. The molecule has 0 spiro atoms. The standard InChI is InChI=1S/C16H20N2O4/c1-21-14-5-3-2-4-13(14)18-11-12(10-15(18)19)16(20)17-6-8-22-9-7-17/h2-5,12H,6-11H2,1H3/t12-/m1/s1. The quantitative estimate of drug-likeness (QED) is 0.833. The normalized spacial score (nSPS) is 22.0. The summed E-state index contributed by atoms with van der Waals surface area (Å²) in [4.78, 5) is 28.3. The van der Waals surface area contributed by atoms with Crippen molar-refractivity contribution in [2.24, 2.45) is 5.92 Å². The zero-order valence-corrected chi connectivity index (χ0v) is 12.7. The maximum atomic E-state index is 12.5. The largest absolute Gasteiger partial charge is 0.495 e. The highest BCUT2D eigenvalue weighted by molar-refractivity contribution is 6.01. The monoisotopic (exact) mass is 304 g/mol. The number of carbonyl (C=O) groups is 2. The van der Waals surface area contributed by atoms with Gasteiger partial charge in [-0.25, -0.2) is 0 Å². The second-order valence-corrected chi connectivity index (χ2v) is 5.51. The van der Waals surface area contributed by atoms with Crippen molar-refractivity contribution in [3.8, 4) is 5.75 Å². The van der Waals surface area contributed by atoms with E-state index in [4.69, 9.17) is 9.47 Å². The molecule has 0 aliphatic carbocycles. The number of nitrogens with zero attached hydrogens (tertiary/aromatic N) is 2. The van der Waals surface area contributed by atoms with Crippen LogP contribution in [0.5, 0.6) is 5.75 Å². The maximum absolute atomic E-state index is 12.5. The highest BCUT2D eigenvalue weighted by Crippen LogP contribution is 2.33. The van der Waals surface area contributed by atoms with Gasteiger partial charge in [-0.3, -0.25) is 9.59 Å². The van der Waals surface area contributed by atoms with Gasteiger partial charge in [0.25, 0.3) is 0 Å². The first-order valence-electron chi connectivity index (χ1n) is 7.50. The number of ether oxygens (including phenoxy) is 2. The van der Waals surface area contributed by atoms with Crippen molar-refractivity contribution >= 4 is 17.5 Å². The van der Waals surface area contributed by atoms with Crippen LogP contribution >= 0.6 is 0 Å². The summed E-state index contributed by atoms with van der Waals surface area (Å²) in [6.45, 7) is 2.77. The van der Waals surface area contributed by atoms with E-state index >= 15 is 0 Å². The molecular formula is C16H20N2O4. The molecule has 6 heteroatoms. The van der Waals surface area contributed by atoms with Crippen molar-refractivity contribution < 1.29 is 19.1 Å². The van der Waals surface area contributed by atoms with E-state index in [0.717, 1.165) is 5.69 Å². The minimum Gasteiger partial charge on any atom is -0.495 e. The van der Waals surface area contributed by atoms with Gasteiger partial charge in [-0.05, 0) is 12.1 Å². The fourth-order valence-corrected chi connectivity index (χ4v) is 3.00. The minimum absolute atomic E-state index is 0.0314. The second kappa shape index (κ2) is 6.36. The number of para-hydroxylation sites is 2. The van der Waals surface area contributed by atoms with E-state index in [1.54, 1.807) is 16.9 Å². The Morgan fingerprint density at radius 2 is 2.00 bits per heavy atom. The van der Waals surface area contributed by atoms with Crippen LogP contribution in [0.3, 0.4) is 0 Å². The average Bonchev–Trinajstić information content (AvgIpc) is 2.96.